The lowest BCUT2D eigenvalue weighted by Gasteiger charge is -2.43. The Bertz CT molecular complexity index is 1150. The predicted octanol–water partition coefficient (Wildman–Crippen LogP) is 3.52. The van der Waals surface area contributed by atoms with Crippen LogP contribution in [0, 0.1) is 23.0 Å². The van der Waals surface area contributed by atoms with Crippen LogP contribution in [0.1, 0.15) is 15.9 Å². The van der Waals surface area contributed by atoms with Crippen LogP contribution in [-0.4, -0.2) is 48.8 Å². The van der Waals surface area contributed by atoms with E-state index < -0.39 is 17.6 Å². The number of carboxylic acids is 1. The van der Waals surface area contributed by atoms with Crippen LogP contribution in [0.15, 0.2) is 35.8 Å². The zero-order valence-corrected chi connectivity index (χ0v) is 17.4. The first-order valence-electron chi connectivity index (χ1n) is 10.0. The minimum Gasteiger partial charge on any atom is -0.478 e. The number of halogens is 2. The molecule has 31 heavy (non-hydrogen) atoms. The molecule has 9 heteroatoms. The van der Waals surface area contributed by atoms with E-state index in [0.29, 0.717) is 29.1 Å². The number of aromatic carboxylic acids is 1. The summed E-state index contributed by atoms with van der Waals surface area (Å²) in [5.41, 5.74) is 3.15. The smallest absolute Gasteiger partial charge is 0.336 e. The van der Waals surface area contributed by atoms with Crippen LogP contribution in [0.4, 0.5) is 14.5 Å². The third-order valence-electron chi connectivity index (χ3n) is 6.41. The van der Waals surface area contributed by atoms with E-state index in [1.54, 1.807) is 24.3 Å². The Morgan fingerprint density at radius 3 is 2.90 bits per heavy atom. The number of nitrogens with zero attached hydrogens (tertiary/aromatic N) is 2. The van der Waals surface area contributed by atoms with Gasteiger partial charge in [0.05, 0.1) is 34.7 Å². The van der Waals surface area contributed by atoms with Crippen LogP contribution >= 0.6 is 11.3 Å². The Kier molecular flexibility index (Phi) is 5.11. The van der Waals surface area contributed by atoms with Gasteiger partial charge in [0.2, 0.25) is 0 Å². The number of aromatic nitrogens is 1. The molecule has 2 saturated heterocycles. The van der Waals surface area contributed by atoms with Gasteiger partial charge in [-0.25, -0.2) is 18.6 Å². The molecule has 2 aliphatic heterocycles. The van der Waals surface area contributed by atoms with Gasteiger partial charge in [-0.3, -0.25) is 0 Å². The molecule has 0 saturated carbocycles. The lowest BCUT2D eigenvalue weighted by Crippen LogP contribution is -2.58. The van der Waals surface area contributed by atoms with Gasteiger partial charge < -0.3 is 20.1 Å². The number of hydrogen-bond donors (Lipinski definition) is 2. The van der Waals surface area contributed by atoms with Crippen molar-refractivity contribution in [2.24, 2.45) is 11.3 Å². The van der Waals surface area contributed by atoms with Crippen LogP contribution in [0.5, 0.6) is 0 Å². The molecular weight excluding hydrogens is 424 g/mol. The van der Waals surface area contributed by atoms with E-state index in [4.69, 9.17) is 4.74 Å². The van der Waals surface area contributed by atoms with E-state index in [1.807, 2.05) is 0 Å². The zero-order chi connectivity index (χ0) is 21.6. The van der Waals surface area contributed by atoms with Crippen LogP contribution < -0.4 is 10.2 Å². The van der Waals surface area contributed by atoms with Gasteiger partial charge in [0, 0.05) is 43.6 Å². The standard InChI is InChI=1S/C22H21F2N3O3S/c23-16-5-17(20-19(18(16)24)26-12-31-20)27-6-14(22(11-27)9-25-10-22)8-30-7-13-3-1-2-4-15(13)21(28)29/h1-5,12,14,25H,6-11H2,(H,28,29)/t14-/m0/s1. The SMILES string of the molecule is O=C(O)c1ccccc1COC[C@@H]1CN(c2cc(F)c(F)c3ncsc23)CC12CNC2. The van der Waals surface area contributed by atoms with Gasteiger partial charge in [-0.1, -0.05) is 18.2 Å². The van der Waals surface area contributed by atoms with Crippen molar-refractivity contribution in [1.82, 2.24) is 10.3 Å². The Morgan fingerprint density at radius 1 is 1.35 bits per heavy atom. The van der Waals surface area contributed by atoms with Crippen molar-refractivity contribution < 1.29 is 23.4 Å². The Hall–Kier alpha value is -2.62. The lowest BCUT2D eigenvalue weighted by molar-refractivity contribution is 0.0256. The number of nitrogens with one attached hydrogen (secondary N) is 1. The minimum atomic E-state index is -0.974. The highest BCUT2D eigenvalue weighted by molar-refractivity contribution is 7.17. The van der Waals surface area contributed by atoms with Crippen LogP contribution in [-0.2, 0) is 11.3 Å². The van der Waals surface area contributed by atoms with Gasteiger partial charge in [-0.05, 0) is 11.6 Å². The first-order chi connectivity index (χ1) is 15.0. The van der Waals surface area contributed by atoms with Crippen molar-refractivity contribution in [2.45, 2.75) is 6.61 Å². The molecule has 162 valence electrons. The fraction of sp³-hybridized carbons (Fsp3) is 0.364. The number of carboxylic acid groups (broad SMARTS) is 1. The van der Waals surface area contributed by atoms with E-state index in [-0.39, 0.29) is 29.0 Å². The second kappa shape index (κ2) is 7.81. The van der Waals surface area contributed by atoms with Crippen molar-refractivity contribution in [3.63, 3.8) is 0 Å². The lowest BCUT2D eigenvalue weighted by atomic mass is 9.73. The van der Waals surface area contributed by atoms with Crippen LogP contribution in [0.3, 0.4) is 0 Å². The molecule has 0 radical (unpaired) electrons. The average molecular weight is 445 g/mol. The van der Waals surface area contributed by atoms with Gasteiger partial charge in [-0.2, -0.15) is 0 Å². The normalized spacial score (nSPS) is 19.8. The van der Waals surface area contributed by atoms with Crippen molar-refractivity contribution in [3.05, 3.63) is 58.6 Å². The third kappa shape index (κ3) is 3.46. The van der Waals surface area contributed by atoms with Gasteiger partial charge in [0.1, 0.15) is 5.52 Å². The van der Waals surface area contributed by atoms with Gasteiger partial charge >= 0.3 is 5.97 Å². The van der Waals surface area contributed by atoms with Gasteiger partial charge in [-0.15, -0.1) is 11.3 Å². The fourth-order valence-corrected chi connectivity index (χ4v) is 5.47. The van der Waals surface area contributed by atoms with Crippen molar-refractivity contribution in [3.8, 4) is 0 Å². The quantitative estimate of drug-likeness (QED) is 0.605. The molecule has 6 nitrogen and oxygen atoms in total. The molecule has 0 amide bonds. The first-order valence-corrected chi connectivity index (χ1v) is 10.9. The summed E-state index contributed by atoms with van der Waals surface area (Å²) in [5, 5.41) is 12.7. The maximum absolute atomic E-state index is 14.2. The number of hydrogen-bond acceptors (Lipinski definition) is 6. The van der Waals surface area contributed by atoms with Crippen molar-refractivity contribution in [2.75, 3.05) is 37.7 Å². The topological polar surface area (TPSA) is 74.7 Å². The largest absolute Gasteiger partial charge is 0.478 e. The molecule has 0 aliphatic carbocycles. The molecule has 2 N–H and O–H groups in total. The maximum atomic E-state index is 14.2. The number of anilines is 1. The molecule has 1 aromatic heterocycles. The number of ether oxygens (including phenoxy) is 1. The van der Waals surface area contributed by atoms with E-state index in [9.17, 15) is 18.7 Å². The predicted molar refractivity (Wildman–Crippen MR) is 114 cm³/mol. The van der Waals surface area contributed by atoms with Crippen LogP contribution in [0.2, 0.25) is 0 Å². The average Bonchev–Trinajstić information content (AvgIpc) is 3.36. The van der Waals surface area contributed by atoms with E-state index in [2.05, 4.69) is 15.2 Å². The molecule has 2 fully saturated rings. The number of carbonyl (C=O) groups is 1. The van der Waals surface area contributed by atoms with Crippen molar-refractivity contribution >= 4 is 33.2 Å². The van der Waals surface area contributed by atoms with Crippen LogP contribution in [0.25, 0.3) is 10.2 Å². The first kappa shape index (κ1) is 20.3. The summed E-state index contributed by atoms with van der Waals surface area (Å²) in [4.78, 5) is 17.5. The highest BCUT2D eigenvalue weighted by Gasteiger charge is 2.51. The van der Waals surface area contributed by atoms with E-state index in [0.717, 1.165) is 19.6 Å². The zero-order valence-electron chi connectivity index (χ0n) is 16.6. The van der Waals surface area contributed by atoms with Gasteiger partial charge in [0.15, 0.2) is 11.6 Å². The van der Waals surface area contributed by atoms with Gasteiger partial charge in [0.25, 0.3) is 0 Å². The third-order valence-corrected chi connectivity index (χ3v) is 7.26. The number of benzene rings is 2. The molecule has 1 spiro atoms. The summed E-state index contributed by atoms with van der Waals surface area (Å²) < 4.78 is 34.9. The number of fused-ring (bicyclic) bond motifs is 1. The second-order valence-corrected chi connectivity index (χ2v) is 9.10. The second-order valence-electron chi connectivity index (χ2n) is 8.24. The van der Waals surface area contributed by atoms with E-state index in [1.165, 1.54) is 22.9 Å². The number of rotatable bonds is 6. The molecule has 2 aromatic carbocycles. The highest BCUT2D eigenvalue weighted by atomic mass is 32.1. The summed E-state index contributed by atoms with van der Waals surface area (Å²) in [6.07, 6.45) is 0. The van der Waals surface area contributed by atoms with Crippen molar-refractivity contribution in [1.29, 1.82) is 0 Å². The molecule has 1 atom stereocenters. The van der Waals surface area contributed by atoms with E-state index >= 15 is 0 Å². The molecule has 3 aromatic rings. The molecule has 2 aliphatic rings. The molecule has 0 bridgehead atoms. The Balaban J connectivity index is 1.34. The monoisotopic (exact) mass is 445 g/mol. The number of thiazole rings is 1. The highest BCUT2D eigenvalue weighted by Crippen LogP contribution is 2.44. The summed E-state index contributed by atoms with van der Waals surface area (Å²) in [5.74, 6) is -2.59. The summed E-state index contributed by atoms with van der Waals surface area (Å²) in [6, 6.07) is 8.08. The maximum Gasteiger partial charge on any atom is 0.336 e. The Labute approximate surface area is 181 Å². The molecule has 0 unspecified atom stereocenters. The summed E-state index contributed by atoms with van der Waals surface area (Å²) in [7, 11) is 0. The molecular formula is C22H21F2N3O3S. The molecule has 5 rings (SSSR count). The fourth-order valence-electron chi connectivity index (χ4n) is 4.64. The summed E-state index contributed by atoms with van der Waals surface area (Å²) >= 11 is 1.31. The molecule has 3 heterocycles. The minimum absolute atomic E-state index is 0.00576. The Morgan fingerprint density at radius 2 is 2.16 bits per heavy atom. The summed E-state index contributed by atoms with van der Waals surface area (Å²) in [6.45, 7) is 3.71.